The van der Waals surface area contributed by atoms with Crippen molar-refractivity contribution in [3.8, 4) is 0 Å². The van der Waals surface area contributed by atoms with Gasteiger partial charge in [0.1, 0.15) is 5.83 Å². The molecule has 0 aromatic rings. The first-order valence-corrected chi connectivity index (χ1v) is 14.0. The summed E-state index contributed by atoms with van der Waals surface area (Å²) in [6.07, 6.45) is 16.2. The molecule has 0 aromatic carbocycles. The molecule has 1 nitrogen and oxygen atoms in total. The number of hydrogen-bond acceptors (Lipinski definition) is 1. The van der Waals surface area contributed by atoms with Crippen molar-refractivity contribution in [1.82, 2.24) is 0 Å². The first-order valence-electron chi connectivity index (χ1n) is 14.0. The summed E-state index contributed by atoms with van der Waals surface area (Å²) >= 11 is 0. The Labute approximate surface area is 203 Å². The van der Waals surface area contributed by atoms with Gasteiger partial charge in [0, 0.05) is 11.8 Å². The van der Waals surface area contributed by atoms with Gasteiger partial charge in [0.05, 0.1) is 18.8 Å². The molecule has 0 amide bonds. The highest BCUT2D eigenvalue weighted by atomic mass is 19.4. The zero-order valence-corrected chi connectivity index (χ0v) is 20.9. The predicted octanol–water partition coefficient (Wildman–Crippen LogP) is 9.19. The van der Waals surface area contributed by atoms with Crippen LogP contribution in [-0.2, 0) is 4.74 Å². The highest BCUT2D eigenvalue weighted by molar-refractivity contribution is 5.04. The minimum atomic E-state index is -4.57. The summed E-state index contributed by atoms with van der Waals surface area (Å²) < 4.78 is 57.3. The number of alkyl halides is 3. The molecule has 4 rings (SSSR count). The van der Waals surface area contributed by atoms with Crippen LogP contribution in [0.4, 0.5) is 17.6 Å². The van der Waals surface area contributed by atoms with Gasteiger partial charge >= 0.3 is 6.18 Å². The van der Waals surface area contributed by atoms with Gasteiger partial charge in [-0.2, -0.15) is 13.2 Å². The molecular formula is C29H44F4O. The van der Waals surface area contributed by atoms with Crippen molar-refractivity contribution in [3.05, 3.63) is 24.1 Å². The molecule has 0 spiro atoms. The summed E-state index contributed by atoms with van der Waals surface area (Å²) in [5.74, 6) is 2.88. The van der Waals surface area contributed by atoms with E-state index in [1.165, 1.54) is 51.4 Å². The highest BCUT2D eigenvalue weighted by Crippen LogP contribution is 2.42. The lowest BCUT2D eigenvalue weighted by molar-refractivity contribution is -0.0824. The Hall–Kier alpha value is -0.840. The van der Waals surface area contributed by atoms with Gasteiger partial charge in [-0.3, -0.25) is 0 Å². The quantitative estimate of drug-likeness (QED) is 0.279. The first-order chi connectivity index (χ1) is 16.3. The van der Waals surface area contributed by atoms with Gasteiger partial charge in [-0.25, -0.2) is 4.39 Å². The van der Waals surface area contributed by atoms with Gasteiger partial charge in [0.15, 0.2) is 0 Å². The number of allylic oxidation sites excluding steroid dienone is 3. The molecule has 0 N–H and O–H groups in total. The molecule has 0 aromatic heterocycles. The lowest BCUT2D eigenvalue weighted by Gasteiger charge is -2.37. The standard InChI is InChI=1S/C29H44F4O/c1-20-2-9-23(10-3-20)24-11-6-21(7-12-24)4-5-22-8-17-28(34-19-22)26-15-13-25(14-16-26)27(30)18-29(31,32)33/h4-5,18,20-26,28H,2-3,6-17,19H2,1H3/b5-4+,27-18-. The molecule has 3 saturated carbocycles. The van der Waals surface area contributed by atoms with Gasteiger partial charge in [-0.1, -0.05) is 31.9 Å². The van der Waals surface area contributed by atoms with E-state index in [2.05, 4.69) is 19.1 Å². The normalized spacial score (nSPS) is 41.0. The summed E-state index contributed by atoms with van der Waals surface area (Å²) in [4.78, 5) is 0. The Bertz CT molecular complexity index is 667. The zero-order valence-electron chi connectivity index (χ0n) is 20.9. The van der Waals surface area contributed by atoms with Crippen LogP contribution in [0.15, 0.2) is 24.1 Å². The monoisotopic (exact) mass is 484 g/mol. The van der Waals surface area contributed by atoms with Crippen LogP contribution in [0.3, 0.4) is 0 Å². The van der Waals surface area contributed by atoms with Crippen LogP contribution < -0.4 is 0 Å². The van der Waals surface area contributed by atoms with Crippen LogP contribution in [0.25, 0.3) is 0 Å². The lowest BCUT2D eigenvalue weighted by atomic mass is 9.69. The van der Waals surface area contributed by atoms with Crippen LogP contribution in [0.2, 0.25) is 0 Å². The Morgan fingerprint density at radius 2 is 1.21 bits per heavy atom. The maximum Gasteiger partial charge on any atom is 0.412 e. The van der Waals surface area contributed by atoms with Crippen molar-refractivity contribution in [2.75, 3.05) is 6.61 Å². The number of ether oxygens (including phenoxy) is 1. The third-order valence-corrected chi connectivity index (χ3v) is 9.53. The number of hydrogen-bond donors (Lipinski definition) is 0. The van der Waals surface area contributed by atoms with Gasteiger partial charge in [-0.05, 0) is 107 Å². The van der Waals surface area contributed by atoms with E-state index in [-0.39, 0.29) is 12.2 Å². The summed E-state index contributed by atoms with van der Waals surface area (Å²) in [5, 5.41) is 0. The highest BCUT2D eigenvalue weighted by Gasteiger charge is 2.35. The fourth-order valence-corrected chi connectivity index (χ4v) is 7.24. The van der Waals surface area contributed by atoms with E-state index in [4.69, 9.17) is 4.74 Å². The fourth-order valence-electron chi connectivity index (χ4n) is 7.24. The molecular weight excluding hydrogens is 440 g/mol. The van der Waals surface area contributed by atoms with Crippen molar-refractivity contribution >= 4 is 0 Å². The van der Waals surface area contributed by atoms with E-state index >= 15 is 0 Å². The van der Waals surface area contributed by atoms with E-state index in [0.717, 1.165) is 56.0 Å². The molecule has 0 radical (unpaired) electrons. The molecule has 1 heterocycles. The Morgan fingerprint density at radius 3 is 1.76 bits per heavy atom. The fraction of sp³-hybridized carbons (Fsp3) is 0.862. The molecule has 4 fully saturated rings. The van der Waals surface area contributed by atoms with Crippen LogP contribution in [0.5, 0.6) is 0 Å². The van der Waals surface area contributed by atoms with Gasteiger partial charge in [0.2, 0.25) is 0 Å². The molecule has 34 heavy (non-hydrogen) atoms. The molecule has 194 valence electrons. The summed E-state index contributed by atoms with van der Waals surface area (Å²) in [5.41, 5.74) is 0. The van der Waals surface area contributed by atoms with E-state index < -0.39 is 17.9 Å². The van der Waals surface area contributed by atoms with Gasteiger partial charge < -0.3 is 4.74 Å². The van der Waals surface area contributed by atoms with Crippen LogP contribution in [0.1, 0.15) is 96.8 Å². The second-order valence-corrected chi connectivity index (χ2v) is 12.0. The Balaban J connectivity index is 1.13. The van der Waals surface area contributed by atoms with Crippen molar-refractivity contribution in [3.63, 3.8) is 0 Å². The maximum atomic E-state index is 13.9. The van der Waals surface area contributed by atoms with E-state index in [1.54, 1.807) is 0 Å². The second-order valence-electron chi connectivity index (χ2n) is 12.0. The van der Waals surface area contributed by atoms with Gasteiger partial charge in [-0.15, -0.1) is 0 Å². The van der Waals surface area contributed by atoms with Gasteiger partial charge in [0.25, 0.3) is 0 Å². The third kappa shape index (κ3) is 7.58. The third-order valence-electron chi connectivity index (χ3n) is 9.53. The van der Waals surface area contributed by atoms with Crippen molar-refractivity contribution in [1.29, 1.82) is 0 Å². The Morgan fingerprint density at radius 1 is 0.676 bits per heavy atom. The number of rotatable bonds is 5. The lowest BCUT2D eigenvalue weighted by Crippen LogP contribution is -2.34. The first kappa shape index (κ1) is 26.2. The minimum Gasteiger partial charge on any atom is -0.377 e. The zero-order chi connectivity index (χ0) is 24.1. The van der Waals surface area contributed by atoms with Crippen molar-refractivity contribution < 1.29 is 22.3 Å². The second kappa shape index (κ2) is 11.9. The van der Waals surface area contributed by atoms with Crippen LogP contribution in [0, 0.1) is 41.4 Å². The molecule has 4 aliphatic rings. The topological polar surface area (TPSA) is 9.23 Å². The number of halogens is 4. The SMILES string of the molecule is CC1CCC(C2CCC(/C=C/C3CCC(C4CCC(/C(F)=C/C(F)(F)F)CC4)OC3)CC2)CC1. The van der Waals surface area contributed by atoms with E-state index in [9.17, 15) is 17.6 Å². The Kier molecular flexibility index (Phi) is 9.20. The molecule has 2 atom stereocenters. The van der Waals surface area contributed by atoms with E-state index in [1.807, 2.05) is 0 Å². The average Bonchev–Trinajstić information content (AvgIpc) is 2.83. The van der Waals surface area contributed by atoms with Crippen LogP contribution >= 0.6 is 0 Å². The largest absolute Gasteiger partial charge is 0.412 e. The maximum absolute atomic E-state index is 13.9. The molecule has 1 aliphatic heterocycles. The molecule has 1 saturated heterocycles. The molecule has 0 bridgehead atoms. The molecule has 2 unspecified atom stereocenters. The van der Waals surface area contributed by atoms with Crippen molar-refractivity contribution in [2.45, 2.75) is 109 Å². The molecule has 5 heteroatoms. The predicted molar refractivity (Wildman–Crippen MR) is 129 cm³/mol. The summed E-state index contributed by atoms with van der Waals surface area (Å²) in [7, 11) is 0. The average molecular weight is 485 g/mol. The minimum absolute atomic E-state index is 0.158. The van der Waals surface area contributed by atoms with Crippen LogP contribution in [-0.4, -0.2) is 18.9 Å². The summed E-state index contributed by atoms with van der Waals surface area (Å²) in [6.45, 7) is 3.15. The summed E-state index contributed by atoms with van der Waals surface area (Å²) in [6, 6.07) is 0. The smallest absolute Gasteiger partial charge is 0.377 e. The molecule has 3 aliphatic carbocycles. The van der Waals surface area contributed by atoms with Crippen molar-refractivity contribution in [2.24, 2.45) is 41.4 Å². The van der Waals surface area contributed by atoms with E-state index in [0.29, 0.717) is 24.7 Å².